The molecule has 0 aromatic heterocycles. The Kier molecular flexibility index (Phi) is 7.80. The maximum atomic E-state index is 12.5. The summed E-state index contributed by atoms with van der Waals surface area (Å²) in [5.74, 6) is 0.387. The third-order valence-corrected chi connectivity index (χ3v) is 6.15. The molecule has 3 aromatic carbocycles. The van der Waals surface area contributed by atoms with Crippen molar-refractivity contribution in [3.05, 3.63) is 83.4 Å². The topological polar surface area (TPSA) is 108 Å². The molecule has 3 rings (SSSR count). The van der Waals surface area contributed by atoms with E-state index < -0.39 is 22.0 Å². The Bertz CT molecular complexity index is 1180. The van der Waals surface area contributed by atoms with Gasteiger partial charge in [0.25, 0.3) is 5.91 Å². The number of hydrogen-bond acceptors (Lipinski definition) is 6. The fraction of sp³-hybridized carbons (Fsp3) is 0.174. The van der Waals surface area contributed by atoms with Gasteiger partial charge in [-0.25, -0.2) is 13.9 Å². The number of benzene rings is 3. The summed E-state index contributed by atoms with van der Waals surface area (Å²) < 4.78 is 31.9. The number of sulfonamides is 1. The van der Waals surface area contributed by atoms with Crippen molar-refractivity contribution in [1.82, 2.24) is 5.48 Å². The van der Waals surface area contributed by atoms with Crippen LogP contribution < -0.4 is 19.8 Å². The van der Waals surface area contributed by atoms with Gasteiger partial charge in [-0.05, 0) is 67.6 Å². The summed E-state index contributed by atoms with van der Waals surface area (Å²) in [5, 5.41) is 12.6. The van der Waals surface area contributed by atoms with Crippen LogP contribution in [0.1, 0.15) is 5.56 Å². The summed E-state index contributed by atoms with van der Waals surface area (Å²) in [6.45, 7) is 1.70. The lowest BCUT2D eigenvalue weighted by Gasteiger charge is -2.27. The molecule has 0 aliphatic heterocycles. The molecule has 0 saturated heterocycles. The van der Waals surface area contributed by atoms with Crippen molar-refractivity contribution >= 4 is 38.9 Å². The molecular formula is C23H24ClN3O5S. The smallest absolute Gasteiger partial charge is 0.267 e. The van der Waals surface area contributed by atoms with Crippen LogP contribution in [0.3, 0.4) is 0 Å². The van der Waals surface area contributed by atoms with Gasteiger partial charge >= 0.3 is 0 Å². The van der Waals surface area contributed by atoms with E-state index in [0.717, 1.165) is 16.1 Å². The highest BCUT2D eigenvalue weighted by Gasteiger charge is 2.27. The largest absolute Gasteiger partial charge is 0.457 e. The van der Waals surface area contributed by atoms with Crippen LogP contribution in [0.25, 0.3) is 0 Å². The molecule has 0 aliphatic rings. The first-order valence-electron chi connectivity index (χ1n) is 9.94. The monoisotopic (exact) mass is 489 g/mol. The third-order valence-electron chi connectivity index (χ3n) is 4.74. The molecule has 33 heavy (non-hydrogen) atoms. The predicted molar refractivity (Wildman–Crippen MR) is 129 cm³/mol. The summed E-state index contributed by atoms with van der Waals surface area (Å²) in [6, 6.07) is 19.4. The maximum absolute atomic E-state index is 12.5. The van der Waals surface area contributed by atoms with Crippen molar-refractivity contribution < 1.29 is 23.2 Å². The molecule has 3 N–H and O–H groups in total. The highest BCUT2D eigenvalue weighted by molar-refractivity contribution is 7.92. The molecule has 8 nitrogen and oxygen atoms in total. The van der Waals surface area contributed by atoms with E-state index in [4.69, 9.17) is 21.5 Å². The molecular weight excluding hydrogens is 466 g/mol. The summed E-state index contributed by atoms with van der Waals surface area (Å²) in [5.41, 5.74) is 3.55. The molecule has 1 amide bonds. The van der Waals surface area contributed by atoms with Gasteiger partial charge in [-0.3, -0.25) is 14.3 Å². The van der Waals surface area contributed by atoms with Crippen LogP contribution in [0.4, 0.5) is 11.4 Å². The van der Waals surface area contributed by atoms with Gasteiger partial charge in [-0.1, -0.05) is 29.3 Å². The molecule has 1 atom stereocenters. The molecule has 174 valence electrons. The number of carbonyl (C=O) groups excluding carboxylic acids is 1. The predicted octanol–water partition coefficient (Wildman–Crippen LogP) is 4.19. The van der Waals surface area contributed by atoms with Gasteiger partial charge in [0.1, 0.15) is 17.5 Å². The van der Waals surface area contributed by atoms with Crippen molar-refractivity contribution in [3.8, 4) is 11.5 Å². The Hall–Kier alpha value is -3.27. The van der Waals surface area contributed by atoms with Crippen LogP contribution in [0, 0.1) is 6.92 Å². The van der Waals surface area contributed by atoms with Crippen LogP contribution in [0.5, 0.6) is 11.5 Å². The number of aryl methyl sites for hydroxylation is 1. The van der Waals surface area contributed by atoms with Gasteiger partial charge in [0.05, 0.1) is 18.5 Å². The molecule has 0 fully saturated rings. The molecule has 0 unspecified atom stereocenters. The van der Waals surface area contributed by atoms with E-state index in [-0.39, 0.29) is 6.54 Å². The van der Waals surface area contributed by atoms with Gasteiger partial charge in [-0.2, -0.15) is 0 Å². The number of rotatable bonds is 9. The Morgan fingerprint density at radius 1 is 1.00 bits per heavy atom. The number of carbonyl (C=O) groups is 1. The lowest BCUT2D eigenvalue weighted by atomic mass is 10.2. The summed E-state index contributed by atoms with van der Waals surface area (Å²) >= 11 is 5.89. The number of halogens is 1. The second-order valence-corrected chi connectivity index (χ2v) is 9.73. The van der Waals surface area contributed by atoms with Gasteiger partial charge in [0, 0.05) is 10.7 Å². The Balaban J connectivity index is 1.82. The van der Waals surface area contributed by atoms with Crippen molar-refractivity contribution in [2.75, 3.05) is 22.4 Å². The number of anilines is 2. The highest BCUT2D eigenvalue weighted by atomic mass is 35.5. The average Bonchev–Trinajstić information content (AvgIpc) is 2.79. The Morgan fingerprint density at radius 2 is 1.55 bits per heavy atom. The molecule has 10 heteroatoms. The number of hydrogen-bond donors (Lipinski definition) is 3. The van der Waals surface area contributed by atoms with E-state index in [2.05, 4.69) is 5.32 Å². The van der Waals surface area contributed by atoms with Crippen LogP contribution >= 0.6 is 11.6 Å². The summed E-state index contributed by atoms with van der Waals surface area (Å²) in [6.07, 6.45) is 1.04. The van der Waals surface area contributed by atoms with Gasteiger partial charge in [0.15, 0.2) is 0 Å². The number of ether oxygens (including phenoxy) is 1. The second kappa shape index (κ2) is 10.6. The molecule has 0 heterocycles. The lowest BCUT2D eigenvalue weighted by molar-refractivity contribution is -0.129. The van der Waals surface area contributed by atoms with E-state index in [1.54, 1.807) is 54.0 Å². The van der Waals surface area contributed by atoms with Crippen molar-refractivity contribution in [2.45, 2.75) is 13.0 Å². The van der Waals surface area contributed by atoms with Crippen molar-refractivity contribution in [2.24, 2.45) is 0 Å². The minimum Gasteiger partial charge on any atom is -0.457 e. The molecule has 0 aliphatic carbocycles. The Labute approximate surface area is 197 Å². The standard InChI is InChI=1S/C23H24ClN3O5S/c1-16-3-11-20(12-4-16)32-21-13-9-19(10-14-21)27(33(2,30)31)15-22(23(28)26-29)25-18-7-5-17(24)6-8-18/h3-14,22,25,29H,15H2,1-2H3,(H,26,28)/t22-/m0/s1. The average molecular weight is 490 g/mol. The second-order valence-electron chi connectivity index (χ2n) is 7.38. The zero-order valence-corrected chi connectivity index (χ0v) is 19.6. The van der Waals surface area contributed by atoms with Crippen LogP contribution in [-0.4, -0.2) is 38.4 Å². The number of nitrogens with one attached hydrogen (secondary N) is 2. The van der Waals surface area contributed by atoms with E-state index in [0.29, 0.717) is 27.9 Å². The van der Waals surface area contributed by atoms with Gasteiger partial charge in [-0.15, -0.1) is 0 Å². The zero-order valence-electron chi connectivity index (χ0n) is 18.0. The maximum Gasteiger partial charge on any atom is 0.267 e. The number of nitrogens with zero attached hydrogens (tertiary/aromatic N) is 1. The SMILES string of the molecule is Cc1ccc(Oc2ccc(N(C[C@H](Nc3ccc(Cl)cc3)C(=O)NO)S(C)(=O)=O)cc2)cc1. The summed E-state index contributed by atoms with van der Waals surface area (Å²) in [4.78, 5) is 12.3. The Morgan fingerprint density at radius 3 is 2.06 bits per heavy atom. The zero-order chi connectivity index (χ0) is 24.0. The molecule has 0 bridgehead atoms. The quantitative estimate of drug-likeness (QED) is 0.307. The first kappa shape index (κ1) is 24.4. The molecule has 0 spiro atoms. The van der Waals surface area contributed by atoms with E-state index in [1.807, 2.05) is 31.2 Å². The fourth-order valence-corrected chi connectivity index (χ4v) is 4.09. The first-order valence-corrected chi connectivity index (χ1v) is 12.2. The third kappa shape index (κ3) is 6.85. The summed E-state index contributed by atoms with van der Waals surface area (Å²) in [7, 11) is -3.76. The minimum atomic E-state index is -3.76. The fourth-order valence-electron chi connectivity index (χ4n) is 3.04. The van der Waals surface area contributed by atoms with E-state index in [9.17, 15) is 13.2 Å². The normalized spacial score (nSPS) is 12.0. The van der Waals surface area contributed by atoms with Gasteiger partial charge < -0.3 is 10.1 Å². The van der Waals surface area contributed by atoms with Crippen LogP contribution in [-0.2, 0) is 14.8 Å². The van der Waals surface area contributed by atoms with Gasteiger partial charge in [0.2, 0.25) is 10.0 Å². The van der Waals surface area contributed by atoms with Crippen LogP contribution in [0.2, 0.25) is 5.02 Å². The molecule has 0 radical (unpaired) electrons. The lowest BCUT2D eigenvalue weighted by Crippen LogP contribution is -2.48. The van der Waals surface area contributed by atoms with E-state index >= 15 is 0 Å². The van der Waals surface area contributed by atoms with E-state index in [1.165, 1.54) is 0 Å². The van der Waals surface area contributed by atoms with Crippen LogP contribution in [0.15, 0.2) is 72.8 Å². The number of hydroxylamine groups is 1. The molecule has 0 saturated carbocycles. The first-order chi connectivity index (χ1) is 15.7. The molecule has 3 aromatic rings. The number of amides is 1. The highest BCUT2D eigenvalue weighted by Crippen LogP contribution is 2.26. The van der Waals surface area contributed by atoms with Crippen molar-refractivity contribution in [1.29, 1.82) is 0 Å². The minimum absolute atomic E-state index is 0.272. The van der Waals surface area contributed by atoms with Crippen molar-refractivity contribution in [3.63, 3.8) is 0 Å².